The van der Waals surface area contributed by atoms with Gasteiger partial charge in [0, 0.05) is 22.3 Å². The van der Waals surface area contributed by atoms with Crippen molar-refractivity contribution in [3.05, 3.63) is 53.6 Å². The van der Waals surface area contributed by atoms with Gasteiger partial charge in [-0.05, 0) is 30.0 Å². The molecule has 2 aromatic rings. The SMILES string of the molecule is CCCCC1(CC)CS(=O)c2cc(OC)c(OC)cc2C(c2ccccc2)N1. The number of rotatable bonds is 7. The normalized spacial score (nSPS) is 24.3. The monoisotopic (exact) mass is 401 g/mol. The highest BCUT2D eigenvalue weighted by Crippen LogP contribution is 2.41. The number of benzene rings is 2. The first-order valence-corrected chi connectivity index (χ1v) is 11.4. The zero-order valence-corrected chi connectivity index (χ0v) is 18.1. The quantitative estimate of drug-likeness (QED) is 0.721. The number of ether oxygens (including phenoxy) is 2. The van der Waals surface area contributed by atoms with Crippen molar-refractivity contribution < 1.29 is 13.7 Å². The Bertz CT molecular complexity index is 824. The molecule has 0 radical (unpaired) electrons. The Morgan fingerprint density at radius 2 is 1.79 bits per heavy atom. The van der Waals surface area contributed by atoms with E-state index in [4.69, 9.17) is 9.47 Å². The molecular weight excluding hydrogens is 370 g/mol. The fourth-order valence-corrected chi connectivity index (χ4v) is 5.77. The number of fused-ring (bicyclic) bond motifs is 1. The van der Waals surface area contributed by atoms with Crippen molar-refractivity contribution in [1.29, 1.82) is 0 Å². The molecule has 5 heteroatoms. The molecule has 0 saturated carbocycles. The first kappa shape index (κ1) is 20.9. The average Bonchev–Trinajstić information content (AvgIpc) is 2.86. The fourth-order valence-electron chi connectivity index (χ4n) is 4.00. The first-order valence-electron chi connectivity index (χ1n) is 10.0. The van der Waals surface area contributed by atoms with Crippen LogP contribution in [0.15, 0.2) is 47.4 Å². The minimum atomic E-state index is -1.12. The molecule has 0 saturated heterocycles. The molecule has 28 heavy (non-hydrogen) atoms. The van der Waals surface area contributed by atoms with Gasteiger partial charge in [-0.2, -0.15) is 0 Å². The average molecular weight is 402 g/mol. The molecule has 3 unspecified atom stereocenters. The Labute approximate surface area is 171 Å². The Kier molecular flexibility index (Phi) is 6.78. The third-order valence-electron chi connectivity index (χ3n) is 5.75. The van der Waals surface area contributed by atoms with Crippen LogP contribution >= 0.6 is 0 Å². The van der Waals surface area contributed by atoms with Crippen molar-refractivity contribution in [2.45, 2.75) is 56.0 Å². The second-order valence-electron chi connectivity index (χ2n) is 7.46. The molecule has 3 rings (SSSR count). The molecule has 1 aliphatic heterocycles. The lowest BCUT2D eigenvalue weighted by molar-refractivity contribution is 0.296. The van der Waals surface area contributed by atoms with E-state index >= 15 is 0 Å². The lowest BCUT2D eigenvalue weighted by Gasteiger charge is -2.36. The Morgan fingerprint density at radius 3 is 2.39 bits per heavy atom. The van der Waals surface area contributed by atoms with Crippen molar-refractivity contribution in [2.75, 3.05) is 20.0 Å². The maximum Gasteiger partial charge on any atom is 0.161 e. The lowest BCUT2D eigenvalue weighted by Crippen LogP contribution is -2.49. The molecule has 4 nitrogen and oxygen atoms in total. The third kappa shape index (κ3) is 4.11. The molecule has 0 aliphatic carbocycles. The summed E-state index contributed by atoms with van der Waals surface area (Å²) in [6.45, 7) is 4.40. The van der Waals surface area contributed by atoms with Gasteiger partial charge in [0.25, 0.3) is 0 Å². The molecule has 0 spiro atoms. The highest BCUT2D eigenvalue weighted by Gasteiger charge is 2.38. The van der Waals surface area contributed by atoms with E-state index in [-0.39, 0.29) is 11.6 Å². The summed E-state index contributed by atoms with van der Waals surface area (Å²) in [6, 6.07) is 14.2. The van der Waals surface area contributed by atoms with E-state index in [1.807, 2.05) is 18.2 Å². The van der Waals surface area contributed by atoms with Gasteiger partial charge >= 0.3 is 0 Å². The van der Waals surface area contributed by atoms with Crippen molar-refractivity contribution in [3.63, 3.8) is 0 Å². The number of unbranched alkanes of at least 4 members (excludes halogenated alkanes) is 1. The Morgan fingerprint density at radius 1 is 1.11 bits per heavy atom. The summed E-state index contributed by atoms with van der Waals surface area (Å²) in [4.78, 5) is 0.839. The van der Waals surface area contributed by atoms with Gasteiger partial charge < -0.3 is 9.47 Å². The largest absolute Gasteiger partial charge is 0.493 e. The van der Waals surface area contributed by atoms with Crippen molar-refractivity contribution in [2.24, 2.45) is 0 Å². The van der Waals surface area contributed by atoms with Gasteiger partial charge in [0.1, 0.15) is 0 Å². The number of hydrogen-bond acceptors (Lipinski definition) is 4. The third-order valence-corrected chi connectivity index (χ3v) is 7.41. The van der Waals surface area contributed by atoms with Crippen LogP contribution in [0.5, 0.6) is 11.5 Å². The van der Waals surface area contributed by atoms with Crippen LogP contribution in [0.1, 0.15) is 56.7 Å². The molecule has 0 amide bonds. The number of hydrogen-bond donors (Lipinski definition) is 1. The van der Waals surface area contributed by atoms with E-state index in [0.29, 0.717) is 17.3 Å². The van der Waals surface area contributed by atoms with Crippen molar-refractivity contribution in [3.8, 4) is 11.5 Å². The summed E-state index contributed by atoms with van der Waals surface area (Å²) >= 11 is 0. The molecule has 1 aliphatic rings. The van der Waals surface area contributed by atoms with Gasteiger partial charge in [-0.3, -0.25) is 9.53 Å². The molecular formula is C23H31NO3S. The summed E-state index contributed by atoms with van der Waals surface area (Å²) in [7, 11) is 2.14. The summed E-state index contributed by atoms with van der Waals surface area (Å²) in [5.41, 5.74) is 2.01. The maximum absolute atomic E-state index is 13.5. The van der Waals surface area contributed by atoms with Crippen LogP contribution in [0, 0.1) is 0 Å². The van der Waals surface area contributed by atoms with Gasteiger partial charge in [-0.15, -0.1) is 0 Å². The van der Waals surface area contributed by atoms with E-state index in [1.54, 1.807) is 14.2 Å². The van der Waals surface area contributed by atoms with Crippen LogP contribution in [0.3, 0.4) is 0 Å². The van der Waals surface area contributed by atoms with Gasteiger partial charge in [0.15, 0.2) is 11.5 Å². The number of methoxy groups -OCH3 is 2. The smallest absolute Gasteiger partial charge is 0.161 e. The van der Waals surface area contributed by atoms with Gasteiger partial charge in [0.2, 0.25) is 0 Å². The van der Waals surface area contributed by atoms with E-state index in [2.05, 4.69) is 43.4 Å². The fraction of sp³-hybridized carbons (Fsp3) is 0.478. The first-order chi connectivity index (χ1) is 13.6. The van der Waals surface area contributed by atoms with Crippen molar-refractivity contribution >= 4 is 10.8 Å². The minimum absolute atomic E-state index is 0.0423. The second-order valence-corrected chi connectivity index (χ2v) is 8.88. The van der Waals surface area contributed by atoms with Crippen LogP contribution in [0.2, 0.25) is 0 Å². The molecule has 2 aromatic carbocycles. The standard InChI is InChI=1S/C23H31NO3S/c1-5-7-13-23(6-2)16-28(25)21-15-20(27-4)19(26-3)14-18(21)22(24-23)17-11-9-8-10-12-17/h8-12,14-15,22,24H,5-7,13,16H2,1-4H3. The molecule has 0 fully saturated rings. The second kappa shape index (κ2) is 9.10. The zero-order chi connectivity index (χ0) is 20.1. The van der Waals surface area contributed by atoms with Gasteiger partial charge in [0.05, 0.1) is 31.1 Å². The molecule has 1 heterocycles. The van der Waals surface area contributed by atoms with Crippen LogP contribution in [0.4, 0.5) is 0 Å². The van der Waals surface area contributed by atoms with Crippen molar-refractivity contribution in [1.82, 2.24) is 5.32 Å². The lowest BCUT2D eigenvalue weighted by atomic mass is 9.88. The predicted molar refractivity (Wildman–Crippen MR) is 115 cm³/mol. The minimum Gasteiger partial charge on any atom is -0.493 e. The number of nitrogens with one attached hydrogen (secondary N) is 1. The van der Waals surface area contributed by atoms with E-state index < -0.39 is 10.8 Å². The van der Waals surface area contributed by atoms with Gasteiger partial charge in [-0.25, -0.2) is 0 Å². The summed E-state index contributed by atoms with van der Waals surface area (Å²) < 4.78 is 24.5. The Balaban J connectivity index is 2.18. The van der Waals surface area contributed by atoms with Crippen LogP contribution < -0.4 is 14.8 Å². The van der Waals surface area contributed by atoms with E-state index in [9.17, 15) is 4.21 Å². The Hall–Kier alpha value is -1.85. The topological polar surface area (TPSA) is 47.6 Å². The summed E-state index contributed by atoms with van der Waals surface area (Å²) in [6.07, 6.45) is 4.19. The molecule has 0 aromatic heterocycles. The molecule has 152 valence electrons. The zero-order valence-electron chi connectivity index (χ0n) is 17.3. The van der Waals surface area contributed by atoms with Crippen LogP contribution in [-0.2, 0) is 10.8 Å². The molecule has 0 bridgehead atoms. The summed E-state index contributed by atoms with van der Waals surface area (Å²) in [5, 5.41) is 3.92. The maximum atomic E-state index is 13.5. The summed E-state index contributed by atoms with van der Waals surface area (Å²) in [5.74, 6) is 1.90. The molecule has 1 N–H and O–H groups in total. The highest BCUT2D eigenvalue weighted by molar-refractivity contribution is 7.85. The van der Waals surface area contributed by atoms with E-state index in [1.165, 1.54) is 5.56 Å². The van der Waals surface area contributed by atoms with Gasteiger partial charge in [-0.1, -0.05) is 57.0 Å². The van der Waals surface area contributed by atoms with E-state index in [0.717, 1.165) is 36.1 Å². The highest BCUT2D eigenvalue weighted by atomic mass is 32.2. The molecule has 3 atom stereocenters. The predicted octanol–water partition coefficient (Wildman–Crippen LogP) is 4.84. The van der Waals surface area contributed by atoms with Crippen LogP contribution in [-0.4, -0.2) is 29.7 Å². The van der Waals surface area contributed by atoms with Crippen LogP contribution in [0.25, 0.3) is 0 Å².